The number of nitrogens with one attached hydrogen (secondary N) is 2. The number of anilines is 2. The minimum atomic E-state index is -0.401. The maximum atomic E-state index is 11.9. The number of rotatable bonds is 4. The molecule has 1 heterocycles. The van der Waals surface area contributed by atoms with E-state index in [2.05, 4.69) is 15.6 Å². The molecule has 0 saturated heterocycles. The van der Waals surface area contributed by atoms with Gasteiger partial charge in [-0.25, -0.2) is 14.6 Å². The molecule has 2 rings (SSSR count). The Labute approximate surface area is 128 Å². The molecule has 0 aliphatic carbocycles. The van der Waals surface area contributed by atoms with Crippen molar-refractivity contribution in [3.63, 3.8) is 0 Å². The number of aromatic nitrogens is 1. The number of carbonyl (C=O) groups is 2. The fourth-order valence-electron chi connectivity index (χ4n) is 1.79. The van der Waals surface area contributed by atoms with Gasteiger partial charge in [0.1, 0.15) is 5.82 Å². The molecule has 6 heteroatoms. The standard InChI is InChI=1S/C16H17N3O3/c1-3-22-15(20)12-4-6-13(7-5-12)18-16(21)19-14-10-11(2)8-9-17-14/h4-10H,3H2,1-2H3,(H2,17,18,19,21). The van der Waals surface area contributed by atoms with Crippen molar-refractivity contribution in [2.45, 2.75) is 13.8 Å². The van der Waals surface area contributed by atoms with Gasteiger partial charge in [0, 0.05) is 11.9 Å². The van der Waals surface area contributed by atoms with Crippen molar-refractivity contribution in [2.75, 3.05) is 17.2 Å². The maximum absolute atomic E-state index is 11.9. The molecule has 1 aromatic carbocycles. The van der Waals surface area contributed by atoms with E-state index in [4.69, 9.17) is 4.74 Å². The normalized spacial score (nSPS) is 9.91. The van der Waals surface area contributed by atoms with Gasteiger partial charge < -0.3 is 10.1 Å². The van der Waals surface area contributed by atoms with Crippen molar-refractivity contribution in [1.82, 2.24) is 4.98 Å². The van der Waals surface area contributed by atoms with Crippen molar-refractivity contribution >= 4 is 23.5 Å². The van der Waals surface area contributed by atoms with Gasteiger partial charge in [0.2, 0.25) is 0 Å². The minimum Gasteiger partial charge on any atom is -0.462 e. The molecule has 0 aliphatic heterocycles. The highest BCUT2D eigenvalue weighted by Crippen LogP contribution is 2.12. The molecule has 22 heavy (non-hydrogen) atoms. The zero-order valence-corrected chi connectivity index (χ0v) is 12.4. The molecule has 114 valence electrons. The van der Waals surface area contributed by atoms with Crippen LogP contribution in [-0.2, 0) is 4.74 Å². The minimum absolute atomic E-state index is 0.324. The number of carbonyl (C=O) groups excluding carboxylic acids is 2. The number of pyridine rings is 1. The lowest BCUT2D eigenvalue weighted by Crippen LogP contribution is -2.20. The van der Waals surface area contributed by atoms with Crippen LogP contribution in [0.1, 0.15) is 22.8 Å². The van der Waals surface area contributed by atoms with Crippen molar-refractivity contribution in [3.05, 3.63) is 53.7 Å². The highest BCUT2D eigenvalue weighted by atomic mass is 16.5. The second kappa shape index (κ2) is 7.21. The molecule has 0 atom stereocenters. The number of hydrogen-bond donors (Lipinski definition) is 2. The van der Waals surface area contributed by atoms with Gasteiger partial charge in [-0.3, -0.25) is 5.32 Å². The van der Waals surface area contributed by atoms with Crippen molar-refractivity contribution in [2.24, 2.45) is 0 Å². The Kier molecular flexibility index (Phi) is 5.08. The van der Waals surface area contributed by atoms with Gasteiger partial charge in [-0.15, -0.1) is 0 Å². The summed E-state index contributed by atoms with van der Waals surface area (Å²) in [6.07, 6.45) is 1.62. The third-order valence-electron chi connectivity index (χ3n) is 2.81. The molecule has 0 spiro atoms. The molecule has 0 fully saturated rings. The fraction of sp³-hybridized carbons (Fsp3) is 0.188. The summed E-state index contributed by atoms with van der Waals surface area (Å²) in [5, 5.41) is 5.30. The average Bonchev–Trinajstić information content (AvgIpc) is 2.48. The van der Waals surface area contributed by atoms with Gasteiger partial charge in [0.05, 0.1) is 12.2 Å². The van der Waals surface area contributed by atoms with E-state index < -0.39 is 6.03 Å². The number of hydrogen-bond acceptors (Lipinski definition) is 4. The summed E-state index contributed by atoms with van der Waals surface area (Å²) < 4.78 is 4.89. The summed E-state index contributed by atoms with van der Waals surface area (Å²) in [4.78, 5) is 27.4. The Hall–Kier alpha value is -2.89. The van der Waals surface area contributed by atoms with Crippen LogP contribution in [0.2, 0.25) is 0 Å². The molecular weight excluding hydrogens is 282 g/mol. The molecule has 2 amide bonds. The number of nitrogens with zero attached hydrogens (tertiary/aromatic N) is 1. The number of ether oxygens (including phenoxy) is 1. The third-order valence-corrected chi connectivity index (χ3v) is 2.81. The van der Waals surface area contributed by atoms with Crippen LogP contribution in [0.4, 0.5) is 16.3 Å². The number of aryl methyl sites for hydroxylation is 1. The summed E-state index contributed by atoms with van der Waals surface area (Å²) in [5.41, 5.74) is 2.01. The van der Waals surface area contributed by atoms with Gasteiger partial charge in [0.25, 0.3) is 0 Å². The molecule has 0 bridgehead atoms. The van der Waals surface area contributed by atoms with Crippen molar-refractivity contribution in [3.8, 4) is 0 Å². The first-order valence-electron chi connectivity index (χ1n) is 6.86. The van der Waals surface area contributed by atoms with E-state index in [1.54, 1.807) is 43.5 Å². The lowest BCUT2D eigenvalue weighted by atomic mass is 10.2. The van der Waals surface area contributed by atoms with Crippen LogP contribution in [0.25, 0.3) is 0 Å². The van der Waals surface area contributed by atoms with Gasteiger partial charge in [-0.05, 0) is 55.8 Å². The largest absolute Gasteiger partial charge is 0.462 e. The molecule has 1 aromatic heterocycles. The number of benzene rings is 1. The van der Waals surface area contributed by atoms with Crippen LogP contribution in [0, 0.1) is 6.92 Å². The molecule has 0 saturated carbocycles. The van der Waals surface area contributed by atoms with E-state index in [0.29, 0.717) is 23.7 Å². The van der Waals surface area contributed by atoms with Crippen LogP contribution >= 0.6 is 0 Å². The molecule has 0 unspecified atom stereocenters. The van der Waals surface area contributed by atoms with Crippen LogP contribution in [0.3, 0.4) is 0 Å². The van der Waals surface area contributed by atoms with Crippen molar-refractivity contribution in [1.29, 1.82) is 0 Å². The highest BCUT2D eigenvalue weighted by molar-refractivity contribution is 5.99. The Morgan fingerprint density at radius 1 is 1.14 bits per heavy atom. The van der Waals surface area contributed by atoms with Crippen LogP contribution in [0.15, 0.2) is 42.6 Å². The highest BCUT2D eigenvalue weighted by Gasteiger charge is 2.07. The first kappa shape index (κ1) is 15.5. The summed E-state index contributed by atoms with van der Waals surface area (Å²) in [6.45, 7) is 3.99. The van der Waals surface area contributed by atoms with Crippen LogP contribution in [0.5, 0.6) is 0 Å². The fourth-order valence-corrected chi connectivity index (χ4v) is 1.79. The Morgan fingerprint density at radius 2 is 1.86 bits per heavy atom. The second-order valence-electron chi connectivity index (χ2n) is 4.60. The molecule has 0 radical (unpaired) electrons. The smallest absolute Gasteiger partial charge is 0.338 e. The Bertz CT molecular complexity index is 669. The molecule has 0 aliphatic rings. The van der Waals surface area contributed by atoms with E-state index in [0.717, 1.165) is 5.56 Å². The summed E-state index contributed by atoms with van der Waals surface area (Å²) in [5.74, 6) is 0.0862. The first-order chi connectivity index (χ1) is 10.6. The number of esters is 1. The SMILES string of the molecule is CCOC(=O)c1ccc(NC(=O)Nc2cc(C)ccn2)cc1. The summed E-state index contributed by atoms with van der Waals surface area (Å²) in [6, 6.07) is 9.67. The van der Waals surface area contributed by atoms with E-state index in [9.17, 15) is 9.59 Å². The maximum Gasteiger partial charge on any atom is 0.338 e. The first-order valence-corrected chi connectivity index (χ1v) is 6.86. The summed E-state index contributed by atoms with van der Waals surface area (Å²) >= 11 is 0. The lowest BCUT2D eigenvalue weighted by molar-refractivity contribution is 0.0526. The van der Waals surface area contributed by atoms with Gasteiger partial charge >= 0.3 is 12.0 Å². The van der Waals surface area contributed by atoms with E-state index in [1.165, 1.54) is 0 Å². The summed E-state index contributed by atoms with van der Waals surface area (Å²) in [7, 11) is 0. The molecule has 2 N–H and O–H groups in total. The predicted molar refractivity (Wildman–Crippen MR) is 84.0 cm³/mol. The lowest BCUT2D eigenvalue weighted by Gasteiger charge is -2.08. The monoisotopic (exact) mass is 299 g/mol. The van der Waals surface area contributed by atoms with E-state index >= 15 is 0 Å². The zero-order valence-electron chi connectivity index (χ0n) is 12.4. The quantitative estimate of drug-likeness (QED) is 0.849. The van der Waals surface area contributed by atoms with Crippen LogP contribution < -0.4 is 10.6 Å². The topological polar surface area (TPSA) is 80.3 Å². The van der Waals surface area contributed by atoms with Gasteiger partial charge in [-0.1, -0.05) is 0 Å². The van der Waals surface area contributed by atoms with E-state index in [1.807, 2.05) is 13.0 Å². The van der Waals surface area contributed by atoms with Crippen molar-refractivity contribution < 1.29 is 14.3 Å². The molecule has 2 aromatic rings. The number of urea groups is 1. The second-order valence-corrected chi connectivity index (χ2v) is 4.60. The zero-order chi connectivity index (χ0) is 15.9. The van der Waals surface area contributed by atoms with Gasteiger partial charge in [-0.2, -0.15) is 0 Å². The Morgan fingerprint density at radius 3 is 2.50 bits per heavy atom. The molecule has 6 nitrogen and oxygen atoms in total. The molecular formula is C16H17N3O3. The number of amides is 2. The van der Waals surface area contributed by atoms with Crippen LogP contribution in [-0.4, -0.2) is 23.6 Å². The predicted octanol–water partition coefficient (Wildman–Crippen LogP) is 3.21. The van der Waals surface area contributed by atoms with E-state index in [-0.39, 0.29) is 5.97 Å². The Balaban J connectivity index is 1.95. The third kappa shape index (κ3) is 4.31. The van der Waals surface area contributed by atoms with Gasteiger partial charge in [0.15, 0.2) is 0 Å². The average molecular weight is 299 g/mol.